The summed E-state index contributed by atoms with van der Waals surface area (Å²) in [6.45, 7) is -0.258. The fraction of sp³-hybridized carbons (Fsp3) is 0.0714. The molecule has 114 valence electrons. The molecule has 1 aromatic heterocycles. The van der Waals surface area contributed by atoms with Crippen LogP contribution in [0.1, 0.15) is 20.0 Å². The van der Waals surface area contributed by atoms with Crippen LogP contribution < -0.4 is 16.2 Å². The fourth-order valence-corrected chi connectivity index (χ4v) is 2.25. The van der Waals surface area contributed by atoms with E-state index in [-0.39, 0.29) is 6.54 Å². The first-order valence-corrected chi connectivity index (χ1v) is 7.48. The van der Waals surface area contributed by atoms with Gasteiger partial charge in [-0.2, -0.15) is 0 Å². The van der Waals surface area contributed by atoms with Gasteiger partial charge in [0.1, 0.15) is 0 Å². The first-order valence-electron chi connectivity index (χ1n) is 6.22. The molecule has 0 radical (unpaired) electrons. The maximum atomic E-state index is 11.8. The van der Waals surface area contributed by atoms with Gasteiger partial charge < -0.3 is 5.32 Å². The van der Waals surface area contributed by atoms with Crippen molar-refractivity contribution >= 4 is 40.7 Å². The van der Waals surface area contributed by atoms with Gasteiger partial charge in [-0.15, -0.1) is 11.3 Å². The molecule has 0 aliphatic carbocycles. The number of hydrogen-bond donors (Lipinski definition) is 3. The van der Waals surface area contributed by atoms with Gasteiger partial charge in [0.2, 0.25) is 0 Å². The van der Waals surface area contributed by atoms with Gasteiger partial charge >= 0.3 is 0 Å². The van der Waals surface area contributed by atoms with Gasteiger partial charge in [0.05, 0.1) is 11.4 Å². The minimum Gasteiger partial charge on any atom is -0.343 e. The molecule has 1 aromatic carbocycles. The smallest absolute Gasteiger partial charge is 0.279 e. The lowest BCUT2D eigenvalue weighted by molar-refractivity contribution is -0.120. The number of amides is 3. The maximum absolute atomic E-state index is 11.8. The number of rotatable bonds is 4. The molecule has 2 aromatic rings. The van der Waals surface area contributed by atoms with Crippen LogP contribution in [0.15, 0.2) is 41.8 Å². The van der Waals surface area contributed by atoms with E-state index in [1.54, 1.807) is 41.8 Å². The van der Waals surface area contributed by atoms with Gasteiger partial charge in [-0.1, -0.05) is 17.7 Å². The van der Waals surface area contributed by atoms with Crippen LogP contribution in [0.5, 0.6) is 0 Å². The lowest BCUT2D eigenvalue weighted by Gasteiger charge is -2.07. The van der Waals surface area contributed by atoms with E-state index in [2.05, 4.69) is 16.2 Å². The van der Waals surface area contributed by atoms with Crippen molar-refractivity contribution in [2.45, 2.75) is 0 Å². The van der Waals surface area contributed by atoms with E-state index in [9.17, 15) is 14.4 Å². The predicted octanol–water partition coefficient (Wildman–Crippen LogP) is 1.59. The first-order chi connectivity index (χ1) is 10.6. The first kappa shape index (κ1) is 16.0. The number of hydrazine groups is 1. The summed E-state index contributed by atoms with van der Waals surface area (Å²) in [6.07, 6.45) is 0. The second-order valence-corrected chi connectivity index (χ2v) is 5.55. The molecule has 2 rings (SSSR count). The number of carbonyl (C=O) groups excluding carboxylic acids is 3. The molecule has 0 saturated heterocycles. The zero-order chi connectivity index (χ0) is 15.9. The Balaban J connectivity index is 1.74. The normalized spacial score (nSPS) is 9.86. The SMILES string of the molecule is O=C(CNC(=O)c1ccc(Cl)cc1)NNC(=O)c1cccs1. The third-order valence-corrected chi connectivity index (χ3v) is 3.70. The number of hydrogen-bond acceptors (Lipinski definition) is 4. The van der Waals surface area contributed by atoms with Crippen LogP contribution >= 0.6 is 22.9 Å². The summed E-state index contributed by atoms with van der Waals surface area (Å²) in [6, 6.07) is 9.63. The molecule has 8 heteroatoms. The molecule has 3 amide bonds. The topological polar surface area (TPSA) is 87.3 Å². The highest BCUT2D eigenvalue weighted by Crippen LogP contribution is 2.09. The number of nitrogens with one attached hydrogen (secondary N) is 3. The van der Waals surface area contributed by atoms with Crippen molar-refractivity contribution in [2.24, 2.45) is 0 Å². The van der Waals surface area contributed by atoms with Crippen LogP contribution in [0.4, 0.5) is 0 Å². The van der Waals surface area contributed by atoms with Crippen LogP contribution in [-0.4, -0.2) is 24.3 Å². The summed E-state index contributed by atoms with van der Waals surface area (Å²) in [5, 5.41) is 4.71. The molecule has 3 N–H and O–H groups in total. The van der Waals surface area contributed by atoms with E-state index >= 15 is 0 Å². The van der Waals surface area contributed by atoms with Crippen molar-refractivity contribution in [1.82, 2.24) is 16.2 Å². The second-order valence-electron chi connectivity index (χ2n) is 4.17. The number of carbonyl (C=O) groups is 3. The van der Waals surface area contributed by atoms with E-state index in [1.165, 1.54) is 11.3 Å². The van der Waals surface area contributed by atoms with E-state index in [4.69, 9.17) is 11.6 Å². The van der Waals surface area contributed by atoms with Crippen LogP contribution in [-0.2, 0) is 4.79 Å². The molecule has 0 fully saturated rings. The van der Waals surface area contributed by atoms with E-state index in [0.29, 0.717) is 15.5 Å². The standard InChI is InChI=1S/C14H12ClN3O3S/c15-10-5-3-9(4-6-10)13(20)16-8-12(19)17-18-14(21)11-2-1-7-22-11/h1-7H,8H2,(H,16,20)(H,17,19)(H,18,21). The summed E-state index contributed by atoms with van der Waals surface area (Å²) >= 11 is 6.98. The summed E-state index contributed by atoms with van der Waals surface area (Å²) in [4.78, 5) is 35.4. The molecule has 6 nitrogen and oxygen atoms in total. The summed E-state index contributed by atoms with van der Waals surface area (Å²) in [5.41, 5.74) is 4.87. The highest BCUT2D eigenvalue weighted by atomic mass is 35.5. The summed E-state index contributed by atoms with van der Waals surface area (Å²) < 4.78 is 0. The number of benzene rings is 1. The van der Waals surface area contributed by atoms with Gasteiger partial charge in [0.15, 0.2) is 0 Å². The van der Waals surface area contributed by atoms with Crippen LogP contribution in [0.3, 0.4) is 0 Å². The lowest BCUT2D eigenvalue weighted by atomic mass is 10.2. The van der Waals surface area contributed by atoms with Crippen molar-refractivity contribution in [3.63, 3.8) is 0 Å². The summed E-state index contributed by atoms with van der Waals surface area (Å²) in [5.74, 6) is -1.35. The zero-order valence-corrected chi connectivity index (χ0v) is 12.8. The van der Waals surface area contributed by atoms with Gasteiger partial charge in [0, 0.05) is 10.6 Å². The molecule has 0 atom stereocenters. The highest BCUT2D eigenvalue weighted by molar-refractivity contribution is 7.12. The van der Waals surface area contributed by atoms with Crippen molar-refractivity contribution in [2.75, 3.05) is 6.54 Å². The minimum atomic E-state index is -0.535. The van der Waals surface area contributed by atoms with Crippen LogP contribution in [0, 0.1) is 0 Å². The Morgan fingerprint density at radius 1 is 1.00 bits per heavy atom. The third-order valence-electron chi connectivity index (χ3n) is 2.58. The quantitative estimate of drug-likeness (QED) is 0.740. The van der Waals surface area contributed by atoms with Crippen molar-refractivity contribution < 1.29 is 14.4 Å². The Kier molecular flexibility index (Phi) is 5.51. The molecule has 0 bridgehead atoms. The van der Waals surface area contributed by atoms with Gasteiger partial charge in [-0.05, 0) is 35.7 Å². The highest BCUT2D eigenvalue weighted by Gasteiger charge is 2.10. The number of halogens is 1. The third kappa shape index (κ3) is 4.57. The molecule has 22 heavy (non-hydrogen) atoms. The molecule has 0 aliphatic rings. The van der Waals surface area contributed by atoms with Crippen molar-refractivity contribution in [3.8, 4) is 0 Å². The Labute approximate surface area is 135 Å². The average molecular weight is 338 g/mol. The Bertz CT molecular complexity index is 671. The lowest BCUT2D eigenvalue weighted by Crippen LogP contribution is -2.46. The predicted molar refractivity (Wildman–Crippen MR) is 83.7 cm³/mol. The zero-order valence-electron chi connectivity index (χ0n) is 11.3. The number of thiophene rings is 1. The maximum Gasteiger partial charge on any atom is 0.279 e. The largest absolute Gasteiger partial charge is 0.343 e. The molecular weight excluding hydrogens is 326 g/mol. The Morgan fingerprint density at radius 3 is 2.36 bits per heavy atom. The van der Waals surface area contributed by atoms with Crippen LogP contribution in [0.25, 0.3) is 0 Å². The molecule has 0 spiro atoms. The monoisotopic (exact) mass is 337 g/mol. The Morgan fingerprint density at radius 2 is 1.73 bits per heavy atom. The van der Waals surface area contributed by atoms with E-state index in [0.717, 1.165) is 0 Å². The van der Waals surface area contributed by atoms with Crippen molar-refractivity contribution in [1.29, 1.82) is 0 Å². The van der Waals surface area contributed by atoms with Gasteiger partial charge in [-0.25, -0.2) is 0 Å². The summed E-state index contributed by atoms with van der Waals surface area (Å²) in [7, 11) is 0. The van der Waals surface area contributed by atoms with E-state index < -0.39 is 17.7 Å². The molecule has 0 aliphatic heterocycles. The van der Waals surface area contributed by atoms with Crippen molar-refractivity contribution in [3.05, 3.63) is 57.2 Å². The fourth-order valence-electron chi connectivity index (χ4n) is 1.50. The minimum absolute atomic E-state index is 0.258. The van der Waals surface area contributed by atoms with Gasteiger partial charge in [-0.3, -0.25) is 25.2 Å². The molecule has 0 saturated carbocycles. The Hall–Kier alpha value is -2.38. The average Bonchev–Trinajstić information content (AvgIpc) is 3.05. The van der Waals surface area contributed by atoms with Crippen LogP contribution in [0.2, 0.25) is 5.02 Å². The molecule has 0 unspecified atom stereocenters. The van der Waals surface area contributed by atoms with Gasteiger partial charge in [0.25, 0.3) is 17.7 Å². The second kappa shape index (κ2) is 7.58. The van der Waals surface area contributed by atoms with E-state index in [1.807, 2.05) is 0 Å². The molecule has 1 heterocycles. The molecular formula is C14H12ClN3O3S.